The molecule has 0 radical (unpaired) electrons. The van der Waals surface area contributed by atoms with Crippen LogP contribution >= 0.6 is 0 Å². The van der Waals surface area contributed by atoms with Gasteiger partial charge in [-0.1, -0.05) is 45.0 Å². The number of ether oxygens (including phenoxy) is 2. The Hall–Kier alpha value is -2.62. The number of carbonyl (C=O) groups excluding carboxylic acids is 2. The Kier molecular flexibility index (Phi) is 5.55. The second-order valence-electron chi connectivity index (χ2n) is 8.20. The summed E-state index contributed by atoms with van der Waals surface area (Å²) in [4.78, 5) is 25.3. The molecule has 0 unspecified atom stereocenters. The van der Waals surface area contributed by atoms with E-state index in [1.165, 1.54) is 0 Å². The first kappa shape index (κ1) is 19.7. The Morgan fingerprint density at radius 2 is 1.35 bits per heavy atom. The normalized spacial score (nSPS) is 11.8. The van der Waals surface area contributed by atoms with Gasteiger partial charge in [0.15, 0.2) is 5.78 Å². The second-order valence-corrected chi connectivity index (χ2v) is 8.20. The molecule has 0 heterocycles. The second kappa shape index (κ2) is 7.32. The lowest BCUT2D eigenvalue weighted by Gasteiger charge is -2.21. The molecule has 2 aromatic rings. The van der Waals surface area contributed by atoms with Crippen molar-refractivity contribution >= 4 is 11.8 Å². The highest BCUT2D eigenvalue weighted by Crippen LogP contribution is 2.26. The maximum absolute atomic E-state index is 12.6. The van der Waals surface area contributed by atoms with Crippen molar-refractivity contribution < 1.29 is 19.1 Å². The summed E-state index contributed by atoms with van der Waals surface area (Å²) >= 11 is 0. The number of hydrogen-bond donors (Lipinski definition) is 0. The zero-order valence-corrected chi connectivity index (χ0v) is 16.3. The molecule has 0 aromatic heterocycles. The maximum Gasteiger partial charge on any atom is 0.344 e. The summed E-state index contributed by atoms with van der Waals surface area (Å²) in [6.45, 7) is 11.3. The molecule has 0 N–H and O–H groups in total. The fourth-order valence-corrected chi connectivity index (χ4v) is 2.38. The van der Waals surface area contributed by atoms with Gasteiger partial charge in [-0.25, -0.2) is 4.79 Å². The van der Waals surface area contributed by atoms with Gasteiger partial charge in [-0.2, -0.15) is 0 Å². The van der Waals surface area contributed by atoms with Crippen molar-refractivity contribution in [2.45, 2.75) is 47.1 Å². The molecule has 0 aliphatic rings. The van der Waals surface area contributed by atoms with Crippen LogP contribution in [-0.4, -0.2) is 17.4 Å². The van der Waals surface area contributed by atoms with Crippen molar-refractivity contribution in [3.8, 4) is 11.5 Å². The maximum atomic E-state index is 12.6. The van der Waals surface area contributed by atoms with Gasteiger partial charge in [0.25, 0.3) is 0 Å². The molecule has 0 aliphatic carbocycles. The molecule has 0 amide bonds. The molecular weight excluding hydrogens is 328 g/mol. The van der Waals surface area contributed by atoms with Gasteiger partial charge in [0, 0.05) is 17.0 Å². The molecule has 0 saturated heterocycles. The predicted molar refractivity (Wildman–Crippen MR) is 102 cm³/mol. The van der Waals surface area contributed by atoms with E-state index in [0.29, 0.717) is 17.1 Å². The number of esters is 1. The van der Waals surface area contributed by atoms with Crippen LogP contribution in [0.2, 0.25) is 0 Å². The molecule has 138 valence electrons. The predicted octanol–water partition coefficient (Wildman–Crippen LogP) is 5.31. The van der Waals surface area contributed by atoms with Crippen molar-refractivity contribution in [2.24, 2.45) is 5.41 Å². The molecule has 2 aromatic carbocycles. The van der Waals surface area contributed by atoms with Crippen molar-refractivity contribution in [3.05, 3.63) is 59.7 Å². The third kappa shape index (κ3) is 5.19. The summed E-state index contributed by atoms with van der Waals surface area (Å²) in [5.41, 5.74) is -0.313. The van der Waals surface area contributed by atoms with E-state index in [4.69, 9.17) is 9.47 Å². The third-order valence-electron chi connectivity index (χ3n) is 3.51. The summed E-state index contributed by atoms with van der Waals surface area (Å²) in [5.74, 6) is 0.317. The first-order valence-corrected chi connectivity index (χ1v) is 8.62. The van der Waals surface area contributed by atoms with Gasteiger partial charge >= 0.3 is 5.97 Å². The Morgan fingerprint density at radius 3 is 1.92 bits per heavy atom. The number of hydrogen-bond acceptors (Lipinski definition) is 4. The lowest BCUT2D eigenvalue weighted by Crippen LogP contribution is -2.24. The van der Waals surface area contributed by atoms with Crippen LogP contribution in [0.4, 0.5) is 0 Å². The van der Waals surface area contributed by atoms with Gasteiger partial charge in [-0.15, -0.1) is 0 Å². The molecule has 0 fully saturated rings. The summed E-state index contributed by atoms with van der Waals surface area (Å²) in [6, 6.07) is 13.6. The topological polar surface area (TPSA) is 52.6 Å². The Morgan fingerprint density at radius 1 is 0.769 bits per heavy atom. The Bertz CT molecular complexity index is 807. The lowest BCUT2D eigenvalue weighted by molar-refractivity contribution is 0.0722. The van der Waals surface area contributed by atoms with Gasteiger partial charge in [0.05, 0.1) is 5.56 Å². The van der Waals surface area contributed by atoms with Gasteiger partial charge in [-0.3, -0.25) is 4.79 Å². The molecule has 0 saturated carbocycles. The number of carbonyl (C=O) groups is 2. The largest absolute Gasteiger partial charge is 0.488 e. The molecular formula is C22H26O4. The zero-order chi connectivity index (χ0) is 19.5. The van der Waals surface area contributed by atoms with Gasteiger partial charge in [0.2, 0.25) is 0 Å². The van der Waals surface area contributed by atoms with Crippen molar-refractivity contribution in [3.63, 3.8) is 0 Å². The minimum absolute atomic E-state index is 0.102. The van der Waals surface area contributed by atoms with E-state index in [9.17, 15) is 9.59 Å². The zero-order valence-electron chi connectivity index (χ0n) is 16.3. The smallest absolute Gasteiger partial charge is 0.344 e. The summed E-state index contributed by atoms with van der Waals surface area (Å²) < 4.78 is 11.3. The molecule has 4 nitrogen and oxygen atoms in total. The first-order valence-electron chi connectivity index (χ1n) is 8.62. The molecule has 26 heavy (non-hydrogen) atoms. The lowest BCUT2D eigenvalue weighted by atomic mass is 9.85. The Balaban J connectivity index is 2.27. The van der Waals surface area contributed by atoms with E-state index >= 15 is 0 Å². The number of ketones is 1. The number of Topliss-reactive ketones (excluding diaryl/α,β-unsaturated/α-hetero) is 1. The summed E-state index contributed by atoms with van der Waals surface area (Å²) in [7, 11) is 0. The highest BCUT2D eigenvalue weighted by molar-refractivity contribution is 6.08. The van der Waals surface area contributed by atoms with Gasteiger partial charge in [0.1, 0.15) is 17.1 Å². The minimum Gasteiger partial charge on any atom is -0.488 e. The SMILES string of the molecule is CC(C)(C)Oc1cccc(OC(=O)c2ccccc2C(=O)C(C)(C)C)c1. The van der Waals surface area contributed by atoms with Crippen molar-refractivity contribution in [1.82, 2.24) is 0 Å². The number of benzene rings is 2. The van der Waals surface area contributed by atoms with Crippen molar-refractivity contribution in [1.29, 1.82) is 0 Å². The fraction of sp³-hybridized carbons (Fsp3) is 0.364. The van der Waals surface area contributed by atoms with Gasteiger partial charge < -0.3 is 9.47 Å². The van der Waals surface area contributed by atoms with E-state index in [1.54, 1.807) is 48.5 Å². The average Bonchev–Trinajstić information content (AvgIpc) is 2.52. The Labute approximate surface area is 155 Å². The van der Waals surface area contributed by atoms with Gasteiger partial charge in [-0.05, 0) is 39.0 Å². The van der Waals surface area contributed by atoms with Crippen LogP contribution in [0.15, 0.2) is 48.5 Å². The molecule has 0 bridgehead atoms. The monoisotopic (exact) mass is 354 g/mol. The van der Waals surface area contributed by atoms with Crippen molar-refractivity contribution in [2.75, 3.05) is 0 Å². The van der Waals surface area contributed by atoms with Crippen LogP contribution in [0, 0.1) is 5.41 Å². The van der Waals surface area contributed by atoms with Crippen LogP contribution in [0.5, 0.6) is 11.5 Å². The molecule has 2 rings (SSSR count). The fourth-order valence-electron chi connectivity index (χ4n) is 2.38. The van der Waals surface area contributed by atoms with E-state index in [-0.39, 0.29) is 16.9 Å². The molecule has 0 aliphatic heterocycles. The standard InChI is InChI=1S/C22H26O4/c1-21(2,3)19(23)17-12-7-8-13-18(17)20(24)25-15-10-9-11-16(14-15)26-22(4,5)6/h7-14H,1-6H3. The van der Waals surface area contributed by atoms with E-state index in [2.05, 4.69) is 0 Å². The summed E-state index contributed by atoms with van der Waals surface area (Å²) in [5, 5.41) is 0. The van der Waals surface area contributed by atoms with Crippen LogP contribution in [0.3, 0.4) is 0 Å². The average molecular weight is 354 g/mol. The number of rotatable bonds is 4. The molecule has 0 spiro atoms. The van der Waals surface area contributed by atoms with E-state index < -0.39 is 11.4 Å². The molecule has 4 heteroatoms. The third-order valence-corrected chi connectivity index (χ3v) is 3.51. The van der Waals surface area contributed by atoms with Crippen LogP contribution in [0.1, 0.15) is 62.3 Å². The first-order chi connectivity index (χ1) is 12.0. The minimum atomic E-state index is -0.586. The van der Waals surface area contributed by atoms with Crippen LogP contribution in [0.25, 0.3) is 0 Å². The highest BCUT2D eigenvalue weighted by Gasteiger charge is 2.27. The highest BCUT2D eigenvalue weighted by atomic mass is 16.5. The van der Waals surface area contributed by atoms with Crippen LogP contribution < -0.4 is 9.47 Å². The van der Waals surface area contributed by atoms with E-state index in [1.807, 2.05) is 41.5 Å². The quantitative estimate of drug-likeness (QED) is 0.424. The summed E-state index contributed by atoms with van der Waals surface area (Å²) in [6.07, 6.45) is 0. The van der Waals surface area contributed by atoms with E-state index in [0.717, 1.165) is 0 Å². The van der Waals surface area contributed by atoms with Crippen LogP contribution in [-0.2, 0) is 0 Å². The molecule has 0 atom stereocenters.